The molecule has 0 aliphatic rings. The molecule has 0 saturated carbocycles. The molecule has 0 aliphatic carbocycles. The SMILES string of the molecule is CNC(=O)[C@@H](Cc1ccccc1)N(Cc1cccc(OC)c1)C(=O)CN(c1ccccc1)S(=O)(=O)c1ccc(F)cc1. The molecule has 10 heteroatoms. The van der Waals surface area contributed by atoms with Crippen LogP contribution >= 0.6 is 0 Å². The normalized spacial score (nSPS) is 11.8. The van der Waals surface area contributed by atoms with E-state index in [1.807, 2.05) is 30.3 Å². The predicted molar refractivity (Wildman–Crippen MR) is 159 cm³/mol. The van der Waals surface area contributed by atoms with Gasteiger partial charge in [-0.05, 0) is 59.7 Å². The summed E-state index contributed by atoms with van der Waals surface area (Å²) in [6.07, 6.45) is 0.201. The number of halogens is 1. The van der Waals surface area contributed by atoms with E-state index < -0.39 is 40.2 Å². The van der Waals surface area contributed by atoms with Gasteiger partial charge in [-0.3, -0.25) is 13.9 Å². The zero-order valence-corrected chi connectivity index (χ0v) is 24.1. The third-order valence-corrected chi connectivity index (χ3v) is 8.52. The summed E-state index contributed by atoms with van der Waals surface area (Å²) in [6, 6.07) is 28.0. The number of nitrogens with zero attached hydrogens (tertiary/aromatic N) is 2. The number of hydrogen-bond acceptors (Lipinski definition) is 5. The molecule has 4 aromatic carbocycles. The lowest BCUT2D eigenvalue weighted by Gasteiger charge is -2.33. The van der Waals surface area contributed by atoms with Crippen molar-refractivity contribution in [1.82, 2.24) is 10.2 Å². The minimum Gasteiger partial charge on any atom is -0.497 e. The van der Waals surface area contributed by atoms with E-state index in [-0.39, 0.29) is 23.5 Å². The van der Waals surface area contributed by atoms with Gasteiger partial charge < -0.3 is 15.0 Å². The third kappa shape index (κ3) is 7.32. The van der Waals surface area contributed by atoms with Crippen LogP contribution in [0.25, 0.3) is 0 Å². The van der Waals surface area contributed by atoms with Crippen molar-refractivity contribution in [2.24, 2.45) is 0 Å². The molecule has 0 aliphatic heterocycles. The lowest BCUT2D eigenvalue weighted by atomic mass is 10.0. The summed E-state index contributed by atoms with van der Waals surface area (Å²) in [7, 11) is -1.27. The largest absolute Gasteiger partial charge is 0.497 e. The fraction of sp³-hybridized carbons (Fsp3) is 0.188. The molecule has 0 fully saturated rings. The molecule has 0 radical (unpaired) electrons. The Morgan fingerprint density at radius 1 is 0.857 bits per heavy atom. The lowest BCUT2D eigenvalue weighted by molar-refractivity contribution is -0.139. The summed E-state index contributed by atoms with van der Waals surface area (Å²) in [5.41, 5.74) is 1.77. The molecule has 2 amide bonds. The number of amides is 2. The molecule has 218 valence electrons. The highest BCUT2D eigenvalue weighted by atomic mass is 32.2. The van der Waals surface area contributed by atoms with Crippen LogP contribution in [0.15, 0.2) is 114 Å². The van der Waals surface area contributed by atoms with Crippen molar-refractivity contribution >= 4 is 27.5 Å². The Kier molecular flexibility index (Phi) is 9.93. The molecule has 1 atom stereocenters. The Morgan fingerprint density at radius 3 is 2.10 bits per heavy atom. The fourth-order valence-corrected chi connectivity index (χ4v) is 5.96. The molecule has 0 aromatic heterocycles. The zero-order valence-electron chi connectivity index (χ0n) is 23.3. The monoisotopic (exact) mass is 589 g/mol. The number of hydrogen-bond donors (Lipinski definition) is 1. The predicted octanol–water partition coefficient (Wildman–Crippen LogP) is 4.42. The van der Waals surface area contributed by atoms with E-state index in [0.717, 1.165) is 34.1 Å². The molecule has 0 bridgehead atoms. The minimum absolute atomic E-state index is 0.0141. The number of benzene rings is 4. The first kappa shape index (κ1) is 30.3. The number of nitrogens with one attached hydrogen (secondary N) is 1. The number of para-hydroxylation sites is 1. The number of anilines is 1. The second kappa shape index (κ2) is 13.8. The molecule has 4 aromatic rings. The highest BCUT2D eigenvalue weighted by Crippen LogP contribution is 2.25. The lowest BCUT2D eigenvalue weighted by Crippen LogP contribution is -2.53. The van der Waals surface area contributed by atoms with E-state index >= 15 is 0 Å². The first-order chi connectivity index (χ1) is 20.2. The first-order valence-corrected chi connectivity index (χ1v) is 14.7. The van der Waals surface area contributed by atoms with Gasteiger partial charge in [0.15, 0.2) is 0 Å². The number of methoxy groups -OCH3 is 1. The van der Waals surface area contributed by atoms with Crippen LogP contribution in [0.4, 0.5) is 10.1 Å². The maximum atomic E-state index is 14.2. The van der Waals surface area contributed by atoms with Crippen LogP contribution in [0.5, 0.6) is 5.75 Å². The van der Waals surface area contributed by atoms with Crippen molar-refractivity contribution < 1.29 is 27.1 Å². The minimum atomic E-state index is -4.29. The summed E-state index contributed by atoms with van der Waals surface area (Å²) in [4.78, 5) is 28.7. The summed E-state index contributed by atoms with van der Waals surface area (Å²) in [6.45, 7) is -0.587. The summed E-state index contributed by atoms with van der Waals surface area (Å²) < 4.78 is 47.6. The Hall–Kier alpha value is -4.70. The van der Waals surface area contributed by atoms with Gasteiger partial charge in [0.1, 0.15) is 24.2 Å². The molecule has 0 unspecified atom stereocenters. The van der Waals surface area contributed by atoms with Crippen molar-refractivity contribution in [3.63, 3.8) is 0 Å². The Morgan fingerprint density at radius 2 is 1.48 bits per heavy atom. The van der Waals surface area contributed by atoms with Crippen LogP contribution in [0, 0.1) is 5.82 Å². The quantitative estimate of drug-likeness (QED) is 0.264. The van der Waals surface area contributed by atoms with E-state index in [2.05, 4.69) is 5.32 Å². The molecule has 4 rings (SSSR count). The average Bonchev–Trinajstić information content (AvgIpc) is 3.02. The second-order valence-corrected chi connectivity index (χ2v) is 11.4. The van der Waals surface area contributed by atoms with Crippen molar-refractivity contribution in [2.45, 2.75) is 23.9 Å². The van der Waals surface area contributed by atoms with E-state index in [9.17, 15) is 22.4 Å². The number of likely N-dealkylation sites (N-methyl/N-ethyl adjacent to an activating group) is 1. The molecular formula is C32H32FN3O5S. The number of sulfonamides is 1. The molecule has 42 heavy (non-hydrogen) atoms. The van der Waals surface area contributed by atoms with Crippen LogP contribution < -0.4 is 14.4 Å². The van der Waals surface area contributed by atoms with Gasteiger partial charge in [0.25, 0.3) is 10.0 Å². The zero-order chi connectivity index (χ0) is 30.1. The number of carbonyl (C=O) groups is 2. The van der Waals surface area contributed by atoms with Gasteiger partial charge in [-0.1, -0.05) is 60.7 Å². The van der Waals surface area contributed by atoms with Gasteiger partial charge in [0, 0.05) is 20.0 Å². The third-order valence-electron chi connectivity index (χ3n) is 6.73. The smallest absolute Gasteiger partial charge is 0.264 e. The van der Waals surface area contributed by atoms with Crippen molar-refractivity contribution in [2.75, 3.05) is 25.0 Å². The Bertz CT molecular complexity index is 1600. The van der Waals surface area contributed by atoms with Crippen LogP contribution in [0.2, 0.25) is 0 Å². The van der Waals surface area contributed by atoms with Gasteiger partial charge in [-0.25, -0.2) is 12.8 Å². The van der Waals surface area contributed by atoms with Crippen LogP contribution in [-0.4, -0.2) is 51.9 Å². The Labute approximate surface area is 245 Å². The first-order valence-electron chi connectivity index (χ1n) is 13.2. The standard InChI is InChI=1S/C32H32FN3O5S/c1-34-32(38)30(21-24-10-5-3-6-11-24)35(22-25-12-9-15-28(20-25)41-2)31(37)23-36(27-13-7-4-8-14-27)42(39,40)29-18-16-26(33)17-19-29/h3-20,30H,21-23H2,1-2H3,(H,34,38)/t30-/m1/s1. The molecule has 1 N–H and O–H groups in total. The van der Waals surface area contributed by atoms with Gasteiger partial charge in [-0.2, -0.15) is 0 Å². The van der Waals surface area contributed by atoms with Crippen LogP contribution in [0.3, 0.4) is 0 Å². The van der Waals surface area contributed by atoms with Gasteiger partial charge >= 0.3 is 0 Å². The van der Waals surface area contributed by atoms with E-state index in [1.165, 1.54) is 19.1 Å². The highest BCUT2D eigenvalue weighted by molar-refractivity contribution is 7.92. The van der Waals surface area contributed by atoms with Gasteiger partial charge in [0.2, 0.25) is 11.8 Å². The number of ether oxygens (including phenoxy) is 1. The molecule has 0 saturated heterocycles. The van der Waals surface area contributed by atoms with Crippen LogP contribution in [0.1, 0.15) is 11.1 Å². The van der Waals surface area contributed by atoms with E-state index in [0.29, 0.717) is 11.3 Å². The van der Waals surface area contributed by atoms with Crippen LogP contribution in [-0.2, 0) is 32.6 Å². The molecule has 8 nitrogen and oxygen atoms in total. The van der Waals surface area contributed by atoms with Gasteiger partial charge in [0.05, 0.1) is 17.7 Å². The van der Waals surface area contributed by atoms with E-state index in [4.69, 9.17) is 4.74 Å². The number of rotatable bonds is 12. The maximum absolute atomic E-state index is 14.2. The highest BCUT2D eigenvalue weighted by Gasteiger charge is 2.34. The second-order valence-electron chi connectivity index (χ2n) is 9.49. The van der Waals surface area contributed by atoms with Crippen molar-refractivity contribution in [3.8, 4) is 5.75 Å². The summed E-state index contributed by atoms with van der Waals surface area (Å²) in [5.74, 6) is -1.01. The molecular weight excluding hydrogens is 557 g/mol. The number of carbonyl (C=O) groups excluding carboxylic acids is 2. The van der Waals surface area contributed by atoms with Crippen molar-refractivity contribution in [3.05, 3.63) is 126 Å². The fourth-order valence-electron chi connectivity index (χ4n) is 4.54. The average molecular weight is 590 g/mol. The van der Waals surface area contributed by atoms with Gasteiger partial charge in [-0.15, -0.1) is 0 Å². The maximum Gasteiger partial charge on any atom is 0.264 e. The molecule has 0 spiro atoms. The summed E-state index contributed by atoms with van der Waals surface area (Å²) >= 11 is 0. The topological polar surface area (TPSA) is 96.0 Å². The van der Waals surface area contributed by atoms with E-state index in [1.54, 1.807) is 54.6 Å². The molecule has 0 heterocycles. The Balaban J connectivity index is 1.77. The summed E-state index contributed by atoms with van der Waals surface area (Å²) in [5, 5.41) is 2.65. The van der Waals surface area contributed by atoms with Crippen molar-refractivity contribution in [1.29, 1.82) is 0 Å².